The van der Waals surface area contributed by atoms with Crippen molar-refractivity contribution < 1.29 is 9.53 Å². The Bertz CT molecular complexity index is 503. The molecule has 2 heterocycles. The Balaban J connectivity index is 1.77. The van der Waals surface area contributed by atoms with Gasteiger partial charge >= 0.3 is 0 Å². The fourth-order valence-electron chi connectivity index (χ4n) is 2.79. The first-order valence-corrected chi connectivity index (χ1v) is 7.69. The van der Waals surface area contributed by atoms with Crippen molar-refractivity contribution in [3.8, 4) is 0 Å². The second-order valence-electron chi connectivity index (χ2n) is 5.51. The molecule has 0 aromatic heterocycles. The van der Waals surface area contributed by atoms with Crippen LogP contribution in [0.1, 0.15) is 34.8 Å². The highest BCUT2D eigenvalue weighted by molar-refractivity contribution is 9.09. The Morgan fingerprint density at radius 1 is 1.37 bits per heavy atom. The number of likely N-dealkylation sites (tertiary alicyclic amines) is 1. The highest BCUT2D eigenvalue weighted by Crippen LogP contribution is 2.26. The number of benzene rings is 1. The van der Waals surface area contributed by atoms with Gasteiger partial charge in [0.2, 0.25) is 0 Å². The third-order valence-corrected chi connectivity index (χ3v) is 5.42. The van der Waals surface area contributed by atoms with Crippen LogP contribution < -0.4 is 0 Å². The molecule has 1 saturated heterocycles. The van der Waals surface area contributed by atoms with Crippen molar-refractivity contribution in [3.05, 3.63) is 34.9 Å². The largest absolute Gasteiger partial charge is 0.372 e. The monoisotopic (exact) mass is 323 g/mol. The van der Waals surface area contributed by atoms with Crippen LogP contribution >= 0.6 is 15.9 Å². The van der Waals surface area contributed by atoms with Gasteiger partial charge in [0.15, 0.2) is 0 Å². The molecule has 3 rings (SSSR count). The Morgan fingerprint density at radius 3 is 2.95 bits per heavy atom. The average molecular weight is 324 g/mol. The number of rotatable bonds is 1. The molecule has 2 unspecified atom stereocenters. The maximum absolute atomic E-state index is 12.5. The Labute approximate surface area is 122 Å². The molecule has 1 fully saturated rings. The number of nitrogens with zero attached hydrogens (tertiary/aromatic N) is 1. The van der Waals surface area contributed by atoms with E-state index in [1.165, 1.54) is 5.56 Å². The van der Waals surface area contributed by atoms with Crippen LogP contribution in [0.3, 0.4) is 0 Å². The summed E-state index contributed by atoms with van der Waals surface area (Å²) in [7, 11) is 0. The molecular weight excluding hydrogens is 306 g/mol. The molecule has 2 atom stereocenters. The molecular formula is C15H18BrNO2. The minimum absolute atomic E-state index is 0.154. The lowest BCUT2D eigenvalue weighted by Crippen LogP contribution is -2.43. The smallest absolute Gasteiger partial charge is 0.253 e. The van der Waals surface area contributed by atoms with Gasteiger partial charge < -0.3 is 9.64 Å². The second-order valence-corrected chi connectivity index (χ2v) is 6.69. The van der Waals surface area contributed by atoms with Crippen LogP contribution in [0.5, 0.6) is 0 Å². The van der Waals surface area contributed by atoms with Gasteiger partial charge in [-0.1, -0.05) is 28.9 Å². The maximum Gasteiger partial charge on any atom is 0.253 e. The number of amides is 1. The summed E-state index contributed by atoms with van der Waals surface area (Å²) in [5.41, 5.74) is 3.17. The predicted molar refractivity (Wildman–Crippen MR) is 77.3 cm³/mol. The molecule has 0 saturated carbocycles. The lowest BCUT2D eigenvalue weighted by atomic mass is 9.98. The third-order valence-electron chi connectivity index (χ3n) is 4.06. The average Bonchev–Trinajstić information content (AvgIpc) is 2.88. The third kappa shape index (κ3) is 2.56. The van der Waals surface area contributed by atoms with Crippen molar-refractivity contribution in [1.82, 2.24) is 4.90 Å². The van der Waals surface area contributed by atoms with Crippen molar-refractivity contribution in [2.24, 2.45) is 5.92 Å². The molecule has 0 bridgehead atoms. The van der Waals surface area contributed by atoms with Gasteiger partial charge in [0.25, 0.3) is 5.91 Å². The molecule has 19 heavy (non-hydrogen) atoms. The molecule has 102 valence electrons. The van der Waals surface area contributed by atoms with Crippen LogP contribution in [0.25, 0.3) is 0 Å². The summed E-state index contributed by atoms with van der Waals surface area (Å²) in [6, 6.07) is 5.95. The van der Waals surface area contributed by atoms with Gasteiger partial charge in [-0.2, -0.15) is 0 Å². The molecule has 1 amide bonds. The number of carbonyl (C=O) groups is 1. The van der Waals surface area contributed by atoms with Gasteiger partial charge in [-0.25, -0.2) is 0 Å². The Kier molecular flexibility index (Phi) is 3.63. The molecule has 0 spiro atoms. The van der Waals surface area contributed by atoms with Gasteiger partial charge in [-0.05, 0) is 35.6 Å². The Hall–Kier alpha value is -0.870. The van der Waals surface area contributed by atoms with Gasteiger partial charge in [-0.3, -0.25) is 4.79 Å². The zero-order valence-electron chi connectivity index (χ0n) is 11.1. The number of halogens is 1. The van der Waals surface area contributed by atoms with Gasteiger partial charge in [0.05, 0.1) is 13.2 Å². The quantitative estimate of drug-likeness (QED) is 0.744. The molecule has 2 aliphatic rings. The van der Waals surface area contributed by atoms with Crippen molar-refractivity contribution in [2.75, 3.05) is 13.1 Å². The lowest BCUT2D eigenvalue weighted by molar-refractivity contribution is 0.0690. The van der Waals surface area contributed by atoms with Crippen LogP contribution in [0, 0.1) is 5.92 Å². The topological polar surface area (TPSA) is 29.5 Å². The van der Waals surface area contributed by atoms with Crippen molar-refractivity contribution in [3.63, 3.8) is 0 Å². The van der Waals surface area contributed by atoms with E-state index in [1.807, 2.05) is 23.1 Å². The van der Waals surface area contributed by atoms with Crippen molar-refractivity contribution in [2.45, 2.75) is 31.4 Å². The zero-order valence-corrected chi connectivity index (χ0v) is 12.6. The summed E-state index contributed by atoms with van der Waals surface area (Å²) in [4.78, 5) is 15.0. The van der Waals surface area contributed by atoms with Gasteiger partial charge in [-0.15, -0.1) is 0 Å². The fraction of sp³-hybridized carbons (Fsp3) is 0.533. The highest BCUT2D eigenvalue weighted by atomic mass is 79.9. The SMILES string of the molecule is CC1CN(C(=O)c2ccc3c(c2)COC3)CCC1Br. The van der Waals surface area contributed by atoms with Crippen LogP contribution in [0.15, 0.2) is 18.2 Å². The number of hydrogen-bond acceptors (Lipinski definition) is 2. The van der Waals surface area contributed by atoms with Crippen LogP contribution in [0.2, 0.25) is 0 Å². The molecule has 0 aliphatic carbocycles. The van der Waals surface area contributed by atoms with E-state index in [0.29, 0.717) is 24.0 Å². The summed E-state index contributed by atoms with van der Waals surface area (Å²) in [5.74, 6) is 0.663. The summed E-state index contributed by atoms with van der Waals surface area (Å²) < 4.78 is 5.40. The number of ether oxygens (including phenoxy) is 1. The zero-order chi connectivity index (χ0) is 13.4. The number of fused-ring (bicyclic) bond motifs is 1. The van der Waals surface area contributed by atoms with Gasteiger partial charge in [0, 0.05) is 23.5 Å². The predicted octanol–water partition coefficient (Wildman–Crippen LogP) is 2.96. The van der Waals surface area contributed by atoms with Crippen molar-refractivity contribution >= 4 is 21.8 Å². The number of piperidine rings is 1. The minimum atomic E-state index is 0.154. The molecule has 1 aromatic rings. The first kappa shape index (κ1) is 13.1. The first-order chi connectivity index (χ1) is 9.15. The van der Waals surface area contributed by atoms with Crippen molar-refractivity contribution in [1.29, 1.82) is 0 Å². The molecule has 2 aliphatic heterocycles. The normalized spacial score (nSPS) is 26.3. The van der Waals surface area contributed by atoms with Crippen LogP contribution in [0.4, 0.5) is 0 Å². The van der Waals surface area contributed by atoms with E-state index in [9.17, 15) is 4.79 Å². The van der Waals surface area contributed by atoms with E-state index in [-0.39, 0.29) is 5.91 Å². The highest BCUT2D eigenvalue weighted by Gasteiger charge is 2.28. The summed E-state index contributed by atoms with van der Waals surface area (Å²) in [6.45, 7) is 5.18. The van der Waals surface area contributed by atoms with E-state index in [1.54, 1.807) is 0 Å². The first-order valence-electron chi connectivity index (χ1n) is 6.78. The van der Waals surface area contributed by atoms with Crippen LogP contribution in [-0.2, 0) is 18.0 Å². The molecule has 4 heteroatoms. The fourth-order valence-corrected chi connectivity index (χ4v) is 3.16. The molecule has 0 radical (unpaired) electrons. The minimum Gasteiger partial charge on any atom is -0.372 e. The second kappa shape index (κ2) is 5.25. The number of carbonyl (C=O) groups excluding carboxylic acids is 1. The molecule has 3 nitrogen and oxygen atoms in total. The van der Waals surface area contributed by atoms with E-state index in [2.05, 4.69) is 22.9 Å². The van der Waals surface area contributed by atoms with Crippen LogP contribution in [-0.4, -0.2) is 28.7 Å². The summed E-state index contributed by atoms with van der Waals surface area (Å²) in [5, 5.41) is 0. The summed E-state index contributed by atoms with van der Waals surface area (Å²) in [6.07, 6.45) is 1.03. The molecule has 1 aromatic carbocycles. The van der Waals surface area contributed by atoms with E-state index in [4.69, 9.17) is 4.74 Å². The molecule has 0 N–H and O–H groups in total. The van der Waals surface area contributed by atoms with E-state index < -0.39 is 0 Å². The standard InChI is InChI=1S/C15H18BrNO2/c1-10-7-17(5-4-14(10)16)15(18)11-2-3-12-8-19-9-13(12)6-11/h2-3,6,10,14H,4-5,7-9H2,1H3. The maximum atomic E-state index is 12.5. The van der Waals surface area contributed by atoms with E-state index in [0.717, 1.165) is 30.6 Å². The van der Waals surface area contributed by atoms with E-state index >= 15 is 0 Å². The van der Waals surface area contributed by atoms with Gasteiger partial charge in [0.1, 0.15) is 0 Å². The summed E-state index contributed by atoms with van der Waals surface area (Å²) >= 11 is 3.67. The lowest BCUT2D eigenvalue weighted by Gasteiger charge is -2.34. The Morgan fingerprint density at radius 2 is 2.16 bits per heavy atom. The number of alkyl halides is 1. The number of hydrogen-bond donors (Lipinski definition) is 0.